The summed E-state index contributed by atoms with van der Waals surface area (Å²) in [5.74, 6) is -0.195. The number of phenols is 1. The zero-order chi connectivity index (χ0) is 22.7. The third kappa shape index (κ3) is 3.26. The van der Waals surface area contributed by atoms with Crippen LogP contribution in [-0.2, 0) is 4.79 Å². The van der Waals surface area contributed by atoms with Gasteiger partial charge in [-0.25, -0.2) is 4.39 Å². The van der Waals surface area contributed by atoms with E-state index in [1.165, 1.54) is 6.07 Å². The fraction of sp³-hybridized carbons (Fsp3) is 0.407. The fourth-order valence-corrected chi connectivity index (χ4v) is 5.93. The lowest BCUT2D eigenvalue weighted by molar-refractivity contribution is -0.150. The van der Waals surface area contributed by atoms with E-state index >= 15 is 0 Å². The molecule has 0 spiro atoms. The monoisotopic (exact) mass is 433 g/mol. The molecule has 2 atom stereocenters. The number of benzene rings is 2. The number of carbonyl (C=O) groups is 1. The van der Waals surface area contributed by atoms with Crippen molar-refractivity contribution in [2.75, 3.05) is 0 Å². The molecule has 166 valence electrons. The average molecular weight is 434 g/mol. The summed E-state index contributed by atoms with van der Waals surface area (Å²) in [6.45, 7) is 6.03. The summed E-state index contributed by atoms with van der Waals surface area (Å²) in [4.78, 5) is 17.0. The van der Waals surface area contributed by atoms with Gasteiger partial charge in [-0.05, 0) is 90.5 Å². The number of aliphatic carboxylic acids is 1. The Labute approximate surface area is 187 Å². The second-order valence-electron chi connectivity index (χ2n) is 9.88. The van der Waals surface area contributed by atoms with Crippen molar-refractivity contribution in [3.8, 4) is 16.9 Å². The van der Waals surface area contributed by atoms with E-state index in [1.807, 2.05) is 12.1 Å². The molecule has 2 bridgehead atoms. The van der Waals surface area contributed by atoms with E-state index in [4.69, 9.17) is 4.98 Å². The fourth-order valence-electron chi connectivity index (χ4n) is 5.93. The van der Waals surface area contributed by atoms with E-state index in [9.17, 15) is 19.4 Å². The third-order valence-electron chi connectivity index (χ3n) is 7.59. The molecule has 2 N–H and O–H groups in total. The Balaban J connectivity index is 1.79. The molecule has 6 rings (SSSR count). The molecular weight excluding hydrogens is 405 g/mol. The van der Waals surface area contributed by atoms with Crippen molar-refractivity contribution in [2.45, 2.75) is 51.9 Å². The number of carboxylic acids is 1. The predicted octanol–water partition coefficient (Wildman–Crippen LogP) is 6.39. The number of halogens is 1. The minimum absolute atomic E-state index is 0.0746. The summed E-state index contributed by atoms with van der Waals surface area (Å²) in [5.41, 5.74) is 5.25. The minimum Gasteiger partial charge on any atom is -0.508 e. The van der Waals surface area contributed by atoms with Gasteiger partial charge in [0, 0.05) is 23.1 Å². The number of nitrogens with zero attached hydrogens (tertiary/aromatic N) is 1. The molecule has 1 heterocycles. The number of aromatic hydroxyl groups is 1. The molecule has 0 unspecified atom stereocenters. The second kappa shape index (κ2) is 7.58. The Hall–Kier alpha value is -2.95. The highest BCUT2D eigenvalue weighted by molar-refractivity contribution is 5.97. The number of carboxylic acid groups (broad SMARTS) is 1. The van der Waals surface area contributed by atoms with Crippen molar-refractivity contribution in [3.05, 3.63) is 59.0 Å². The van der Waals surface area contributed by atoms with Crippen molar-refractivity contribution in [2.24, 2.45) is 17.8 Å². The van der Waals surface area contributed by atoms with Gasteiger partial charge in [0.05, 0.1) is 11.4 Å². The number of aromatic nitrogens is 1. The van der Waals surface area contributed by atoms with E-state index in [1.54, 1.807) is 25.1 Å². The standard InChI is InChI=1S/C27H28FNO3/c1-13(2)24-25(15-4-7-22(28)14(3)8-15)19-6-5-18(30)11-23(19)29-26(24)20-12-21(27(31)32)17-9-16(20)10-17/h4-8,11,13,16-17,20-21,30H,9-10,12H2,1-3H3,(H,31,32)/t16?,17?,20-,21+/m1/s1. The van der Waals surface area contributed by atoms with Gasteiger partial charge in [0.25, 0.3) is 0 Å². The maximum atomic E-state index is 14.1. The lowest BCUT2D eigenvalue weighted by Crippen LogP contribution is -2.44. The van der Waals surface area contributed by atoms with Gasteiger partial charge in [-0.15, -0.1) is 0 Å². The number of pyridine rings is 1. The summed E-state index contributed by atoms with van der Waals surface area (Å²) in [5, 5.41) is 20.9. The molecule has 3 fully saturated rings. The first kappa shape index (κ1) is 20.9. The molecule has 0 saturated heterocycles. The molecular formula is C27H28FNO3. The summed E-state index contributed by atoms with van der Waals surface area (Å²) >= 11 is 0. The first-order chi connectivity index (χ1) is 15.2. The van der Waals surface area contributed by atoms with Gasteiger partial charge in [-0.3, -0.25) is 9.78 Å². The molecule has 32 heavy (non-hydrogen) atoms. The van der Waals surface area contributed by atoms with Crippen LogP contribution >= 0.6 is 0 Å². The van der Waals surface area contributed by atoms with E-state index in [2.05, 4.69) is 13.8 Å². The minimum atomic E-state index is -0.711. The average Bonchev–Trinajstić information content (AvgIpc) is 2.73. The number of hydrogen-bond acceptors (Lipinski definition) is 3. The maximum absolute atomic E-state index is 14.1. The van der Waals surface area contributed by atoms with Gasteiger partial charge in [-0.1, -0.05) is 19.9 Å². The van der Waals surface area contributed by atoms with Gasteiger partial charge in [0.15, 0.2) is 0 Å². The maximum Gasteiger partial charge on any atom is 0.306 e. The zero-order valence-corrected chi connectivity index (χ0v) is 18.6. The number of fused-ring (bicyclic) bond motifs is 3. The molecule has 3 aromatic rings. The molecule has 0 amide bonds. The van der Waals surface area contributed by atoms with Crippen LogP contribution < -0.4 is 0 Å². The Morgan fingerprint density at radius 1 is 1.09 bits per heavy atom. The van der Waals surface area contributed by atoms with E-state index < -0.39 is 5.97 Å². The van der Waals surface area contributed by atoms with Crippen LogP contribution in [0.2, 0.25) is 0 Å². The van der Waals surface area contributed by atoms with Crippen LogP contribution in [0.5, 0.6) is 5.75 Å². The quantitative estimate of drug-likeness (QED) is 0.500. The van der Waals surface area contributed by atoms with Gasteiger partial charge in [-0.2, -0.15) is 0 Å². The Bertz CT molecular complexity index is 1230. The topological polar surface area (TPSA) is 70.4 Å². The molecule has 3 aliphatic rings. The highest BCUT2D eigenvalue weighted by Crippen LogP contribution is 2.57. The Kier molecular flexibility index (Phi) is 4.95. The van der Waals surface area contributed by atoms with Crippen molar-refractivity contribution < 1.29 is 19.4 Å². The van der Waals surface area contributed by atoms with Crippen LogP contribution in [0.4, 0.5) is 4.39 Å². The first-order valence-corrected chi connectivity index (χ1v) is 11.4. The van der Waals surface area contributed by atoms with Crippen molar-refractivity contribution in [1.29, 1.82) is 0 Å². The van der Waals surface area contributed by atoms with Crippen LogP contribution in [0.25, 0.3) is 22.0 Å². The van der Waals surface area contributed by atoms with Crippen LogP contribution in [0.3, 0.4) is 0 Å². The van der Waals surface area contributed by atoms with E-state index in [0.29, 0.717) is 23.4 Å². The van der Waals surface area contributed by atoms with Gasteiger partial charge < -0.3 is 10.2 Å². The molecule has 2 aromatic carbocycles. The number of aryl methyl sites for hydroxylation is 1. The molecule has 1 aromatic heterocycles. The predicted molar refractivity (Wildman–Crippen MR) is 122 cm³/mol. The van der Waals surface area contributed by atoms with Gasteiger partial charge in [0.1, 0.15) is 11.6 Å². The van der Waals surface area contributed by atoms with Crippen LogP contribution in [0.15, 0.2) is 36.4 Å². The highest BCUT2D eigenvalue weighted by Gasteiger charge is 2.50. The molecule has 3 aliphatic carbocycles. The number of hydrogen-bond donors (Lipinski definition) is 2. The Morgan fingerprint density at radius 2 is 1.84 bits per heavy atom. The van der Waals surface area contributed by atoms with Crippen LogP contribution in [-0.4, -0.2) is 21.2 Å². The van der Waals surface area contributed by atoms with Crippen molar-refractivity contribution >= 4 is 16.9 Å². The summed E-state index contributed by atoms with van der Waals surface area (Å²) in [7, 11) is 0. The highest BCUT2D eigenvalue weighted by atomic mass is 19.1. The Morgan fingerprint density at radius 3 is 2.50 bits per heavy atom. The molecule has 4 nitrogen and oxygen atoms in total. The smallest absolute Gasteiger partial charge is 0.306 e. The second-order valence-corrected chi connectivity index (χ2v) is 9.88. The normalized spacial score (nSPS) is 24.5. The molecule has 3 saturated carbocycles. The third-order valence-corrected chi connectivity index (χ3v) is 7.59. The lowest BCUT2D eigenvalue weighted by Gasteiger charge is -2.50. The van der Waals surface area contributed by atoms with Gasteiger partial charge in [0.2, 0.25) is 0 Å². The molecule has 0 aliphatic heterocycles. The summed E-state index contributed by atoms with van der Waals surface area (Å²) in [6.07, 6.45) is 2.47. The summed E-state index contributed by atoms with van der Waals surface area (Å²) in [6, 6.07) is 10.4. The lowest BCUT2D eigenvalue weighted by atomic mass is 9.54. The van der Waals surface area contributed by atoms with Crippen LogP contribution in [0, 0.1) is 30.5 Å². The van der Waals surface area contributed by atoms with Crippen molar-refractivity contribution in [3.63, 3.8) is 0 Å². The van der Waals surface area contributed by atoms with Crippen molar-refractivity contribution in [1.82, 2.24) is 4.98 Å². The SMILES string of the molecule is Cc1cc(-c2c(C(C)C)c([C@@H]3C[C@H](C(=O)O)C4CC3C4)nc3cc(O)ccc23)ccc1F. The largest absolute Gasteiger partial charge is 0.508 e. The van der Waals surface area contributed by atoms with Gasteiger partial charge >= 0.3 is 5.97 Å². The first-order valence-electron chi connectivity index (χ1n) is 11.4. The number of phenolic OH excluding ortho intramolecular Hbond substituents is 1. The van der Waals surface area contributed by atoms with E-state index in [0.717, 1.165) is 40.6 Å². The molecule has 0 radical (unpaired) electrons. The van der Waals surface area contributed by atoms with E-state index in [-0.39, 0.29) is 35.2 Å². The summed E-state index contributed by atoms with van der Waals surface area (Å²) < 4.78 is 14.1. The van der Waals surface area contributed by atoms with Crippen LogP contribution in [0.1, 0.15) is 61.8 Å². The molecule has 5 heteroatoms. The zero-order valence-electron chi connectivity index (χ0n) is 18.6. The number of rotatable bonds is 4.